The molecule has 1 aromatic rings. The zero-order valence-corrected chi connectivity index (χ0v) is 12.6. The topological polar surface area (TPSA) is 21.3 Å². The lowest BCUT2D eigenvalue weighted by molar-refractivity contribution is 0.0498. The standard InChI is InChI=1S/C17H26FNO/c1-14(2)7-10-19-13-17(8-11-20-12-9-17)15-3-5-16(18)6-4-15/h3-6,14,19H,7-13H2,1-2H3. The SMILES string of the molecule is CC(C)CCNCC1(c2ccc(F)cc2)CCOCC1. The van der Waals surface area contributed by atoms with E-state index in [1.54, 1.807) is 12.1 Å². The Kier molecular flexibility index (Phi) is 5.55. The highest BCUT2D eigenvalue weighted by Gasteiger charge is 2.34. The van der Waals surface area contributed by atoms with Crippen LogP contribution in [0, 0.1) is 11.7 Å². The van der Waals surface area contributed by atoms with Crippen molar-refractivity contribution in [1.29, 1.82) is 0 Å². The molecule has 3 heteroatoms. The minimum absolute atomic E-state index is 0.100. The molecule has 2 nitrogen and oxygen atoms in total. The quantitative estimate of drug-likeness (QED) is 0.805. The van der Waals surface area contributed by atoms with Gasteiger partial charge in [-0.2, -0.15) is 0 Å². The summed E-state index contributed by atoms with van der Waals surface area (Å²) in [5.74, 6) is 0.558. The summed E-state index contributed by atoms with van der Waals surface area (Å²) >= 11 is 0. The van der Waals surface area contributed by atoms with Crippen LogP contribution in [0.25, 0.3) is 0 Å². The molecule has 1 aliphatic rings. The Morgan fingerprint density at radius 3 is 2.45 bits per heavy atom. The Bertz CT molecular complexity index is 396. The van der Waals surface area contributed by atoms with E-state index in [2.05, 4.69) is 19.2 Å². The summed E-state index contributed by atoms with van der Waals surface area (Å²) in [5, 5.41) is 3.59. The third-order valence-corrected chi connectivity index (χ3v) is 4.27. The van der Waals surface area contributed by atoms with E-state index in [0.29, 0.717) is 0 Å². The second-order valence-corrected chi connectivity index (χ2v) is 6.26. The van der Waals surface area contributed by atoms with Gasteiger partial charge in [-0.3, -0.25) is 0 Å². The second kappa shape index (κ2) is 7.19. The zero-order valence-electron chi connectivity index (χ0n) is 12.6. The molecule has 0 atom stereocenters. The number of ether oxygens (including phenoxy) is 1. The Balaban J connectivity index is 2.03. The van der Waals surface area contributed by atoms with Crippen molar-refractivity contribution >= 4 is 0 Å². The lowest BCUT2D eigenvalue weighted by Gasteiger charge is -2.38. The van der Waals surface area contributed by atoms with Crippen molar-refractivity contribution in [3.8, 4) is 0 Å². The Morgan fingerprint density at radius 1 is 1.20 bits per heavy atom. The average molecular weight is 279 g/mol. The highest BCUT2D eigenvalue weighted by atomic mass is 19.1. The van der Waals surface area contributed by atoms with Gasteiger partial charge < -0.3 is 10.1 Å². The molecular weight excluding hydrogens is 253 g/mol. The molecule has 2 rings (SSSR count). The van der Waals surface area contributed by atoms with E-state index >= 15 is 0 Å². The molecule has 1 heterocycles. The summed E-state index contributed by atoms with van der Waals surface area (Å²) in [6.45, 7) is 8.07. The number of hydrogen-bond donors (Lipinski definition) is 1. The predicted molar refractivity (Wildman–Crippen MR) is 80.5 cm³/mol. The molecule has 112 valence electrons. The van der Waals surface area contributed by atoms with Crippen LogP contribution in [0.2, 0.25) is 0 Å². The normalized spacial score (nSPS) is 18.4. The van der Waals surface area contributed by atoms with E-state index in [1.165, 1.54) is 12.0 Å². The lowest BCUT2D eigenvalue weighted by atomic mass is 9.74. The number of hydrogen-bond acceptors (Lipinski definition) is 2. The molecule has 0 saturated carbocycles. The molecule has 1 N–H and O–H groups in total. The monoisotopic (exact) mass is 279 g/mol. The van der Waals surface area contributed by atoms with Gasteiger partial charge in [0.05, 0.1) is 0 Å². The molecule has 1 aliphatic heterocycles. The first-order valence-corrected chi connectivity index (χ1v) is 7.67. The number of benzene rings is 1. The van der Waals surface area contributed by atoms with E-state index in [9.17, 15) is 4.39 Å². The van der Waals surface area contributed by atoms with Crippen molar-refractivity contribution in [1.82, 2.24) is 5.32 Å². The summed E-state index contributed by atoms with van der Waals surface area (Å²) in [4.78, 5) is 0. The smallest absolute Gasteiger partial charge is 0.123 e. The first kappa shape index (κ1) is 15.5. The number of rotatable bonds is 6. The van der Waals surface area contributed by atoms with Gasteiger partial charge in [0.2, 0.25) is 0 Å². The molecule has 0 spiro atoms. The molecule has 20 heavy (non-hydrogen) atoms. The predicted octanol–water partition coefficient (Wildman–Crippen LogP) is 3.51. The molecule has 0 unspecified atom stereocenters. The van der Waals surface area contributed by atoms with E-state index in [-0.39, 0.29) is 11.2 Å². The Hall–Kier alpha value is -0.930. The van der Waals surface area contributed by atoms with Gasteiger partial charge in [0.25, 0.3) is 0 Å². The van der Waals surface area contributed by atoms with Gasteiger partial charge in [-0.05, 0) is 49.4 Å². The molecule has 0 bridgehead atoms. The molecule has 0 radical (unpaired) electrons. The Morgan fingerprint density at radius 2 is 1.85 bits per heavy atom. The second-order valence-electron chi connectivity index (χ2n) is 6.26. The summed E-state index contributed by atoms with van der Waals surface area (Å²) in [6, 6.07) is 7.01. The fourth-order valence-corrected chi connectivity index (χ4v) is 2.85. The van der Waals surface area contributed by atoms with Crippen molar-refractivity contribution in [2.24, 2.45) is 5.92 Å². The summed E-state index contributed by atoms with van der Waals surface area (Å²) < 4.78 is 18.6. The average Bonchev–Trinajstić information content (AvgIpc) is 2.45. The van der Waals surface area contributed by atoms with Crippen molar-refractivity contribution in [3.05, 3.63) is 35.6 Å². The van der Waals surface area contributed by atoms with Crippen LogP contribution in [0.5, 0.6) is 0 Å². The number of halogens is 1. The highest BCUT2D eigenvalue weighted by molar-refractivity contribution is 5.27. The minimum Gasteiger partial charge on any atom is -0.381 e. The summed E-state index contributed by atoms with van der Waals surface area (Å²) in [6.07, 6.45) is 3.20. The molecule has 0 aliphatic carbocycles. The van der Waals surface area contributed by atoms with E-state index in [4.69, 9.17) is 4.74 Å². The van der Waals surface area contributed by atoms with Crippen molar-refractivity contribution in [3.63, 3.8) is 0 Å². The van der Waals surface area contributed by atoms with Crippen LogP contribution in [0.1, 0.15) is 38.7 Å². The van der Waals surface area contributed by atoms with E-state index < -0.39 is 0 Å². The van der Waals surface area contributed by atoms with Crippen molar-refractivity contribution < 1.29 is 9.13 Å². The van der Waals surface area contributed by atoms with E-state index in [1.807, 2.05) is 12.1 Å². The van der Waals surface area contributed by atoms with Gasteiger partial charge in [-0.25, -0.2) is 4.39 Å². The molecule has 1 fully saturated rings. The maximum absolute atomic E-state index is 13.1. The maximum Gasteiger partial charge on any atom is 0.123 e. The molecule has 1 aromatic carbocycles. The first-order chi connectivity index (χ1) is 9.62. The van der Waals surface area contributed by atoms with Crippen LogP contribution >= 0.6 is 0 Å². The first-order valence-electron chi connectivity index (χ1n) is 7.67. The van der Waals surface area contributed by atoms with Crippen LogP contribution in [0.3, 0.4) is 0 Å². The fourth-order valence-electron chi connectivity index (χ4n) is 2.85. The van der Waals surface area contributed by atoms with Crippen LogP contribution < -0.4 is 5.32 Å². The molecular formula is C17H26FNO. The van der Waals surface area contributed by atoms with Gasteiger partial charge in [-0.15, -0.1) is 0 Å². The van der Waals surface area contributed by atoms with Crippen LogP contribution in [-0.2, 0) is 10.2 Å². The summed E-state index contributed by atoms with van der Waals surface area (Å²) in [7, 11) is 0. The van der Waals surface area contributed by atoms with Gasteiger partial charge in [-0.1, -0.05) is 26.0 Å². The fraction of sp³-hybridized carbons (Fsp3) is 0.647. The van der Waals surface area contributed by atoms with E-state index in [0.717, 1.165) is 45.1 Å². The molecule has 0 aromatic heterocycles. The molecule has 1 saturated heterocycles. The van der Waals surface area contributed by atoms with Gasteiger partial charge in [0.1, 0.15) is 5.82 Å². The highest BCUT2D eigenvalue weighted by Crippen LogP contribution is 2.34. The Labute approximate surface area is 121 Å². The molecule has 0 amide bonds. The minimum atomic E-state index is -0.163. The third-order valence-electron chi connectivity index (χ3n) is 4.27. The summed E-state index contributed by atoms with van der Waals surface area (Å²) in [5.41, 5.74) is 1.34. The number of nitrogens with one attached hydrogen (secondary N) is 1. The third kappa shape index (κ3) is 4.03. The lowest BCUT2D eigenvalue weighted by Crippen LogP contribution is -2.43. The van der Waals surface area contributed by atoms with Gasteiger partial charge >= 0.3 is 0 Å². The van der Waals surface area contributed by atoms with Crippen LogP contribution in [0.4, 0.5) is 4.39 Å². The van der Waals surface area contributed by atoms with Crippen molar-refractivity contribution in [2.75, 3.05) is 26.3 Å². The van der Waals surface area contributed by atoms with Crippen LogP contribution in [-0.4, -0.2) is 26.3 Å². The van der Waals surface area contributed by atoms with Crippen LogP contribution in [0.15, 0.2) is 24.3 Å². The van der Waals surface area contributed by atoms with Crippen molar-refractivity contribution in [2.45, 2.75) is 38.5 Å². The maximum atomic E-state index is 13.1. The largest absolute Gasteiger partial charge is 0.381 e. The zero-order chi connectivity index (χ0) is 14.4. The van der Waals surface area contributed by atoms with Gasteiger partial charge in [0.15, 0.2) is 0 Å². The van der Waals surface area contributed by atoms with Gasteiger partial charge in [0, 0.05) is 25.2 Å².